The Bertz CT molecular complexity index is 434. The summed E-state index contributed by atoms with van der Waals surface area (Å²) >= 11 is 0. The molecule has 2 aromatic rings. The molecule has 0 aliphatic carbocycles. The molecule has 0 aliphatic heterocycles. The predicted octanol–water partition coefficient (Wildman–Crippen LogP) is 1.91. The van der Waals surface area contributed by atoms with Crippen LogP contribution in [0.3, 0.4) is 0 Å². The third-order valence-electron chi connectivity index (χ3n) is 2.30. The summed E-state index contributed by atoms with van der Waals surface area (Å²) in [6.07, 6.45) is 3.67. The van der Waals surface area contributed by atoms with Gasteiger partial charge in [0, 0.05) is 29.7 Å². The molecule has 0 amide bonds. The van der Waals surface area contributed by atoms with Gasteiger partial charge in [-0.05, 0) is 24.6 Å². The molecule has 0 atom stereocenters. The Morgan fingerprint density at radius 2 is 2.33 bits per heavy atom. The summed E-state index contributed by atoms with van der Waals surface area (Å²) in [5.74, 6) is 0. The highest BCUT2D eigenvalue weighted by Crippen LogP contribution is 2.18. The molecule has 78 valence electrons. The van der Waals surface area contributed by atoms with E-state index >= 15 is 0 Å². The fourth-order valence-corrected chi connectivity index (χ4v) is 1.40. The molecule has 0 bridgehead atoms. The maximum Gasteiger partial charge on any atom is 0.0537 e. The zero-order valence-electron chi connectivity index (χ0n) is 8.62. The Hall–Kier alpha value is -1.97. The molecular formula is C11H14N4. The lowest BCUT2D eigenvalue weighted by molar-refractivity contribution is 1.09. The summed E-state index contributed by atoms with van der Waals surface area (Å²) in [5, 5.41) is 9.98. The van der Waals surface area contributed by atoms with E-state index in [1.807, 2.05) is 24.4 Å². The van der Waals surface area contributed by atoms with Crippen molar-refractivity contribution in [2.45, 2.75) is 13.5 Å². The molecule has 1 aromatic carbocycles. The summed E-state index contributed by atoms with van der Waals surface area (Å²) in [4.78, 5) is 0. The Kier molecular flexibility index (Phi) is 2.58. The topological polar surface area (TPSA) is 66.7 Å². The van der Waals surface area contributed by atoms with Gasteiger partial charge in [-0.2, -0.15) is 5.10 Å². The van der Waals surface area contributed by atoms with Crippen LogP contribution in [0.5, 0.6) is 0 Å². The molecule has 4 heteroatoms. The van der Waals surface area contributed by atoms with Crippen LogP contribution < -0.4 is 11.1 Å². The third-order valence-corrected chi connectivity index (χ3v) is 2.30. The number of aromatic nitrogens is 2. The number of nitrogen functional groups attached to an aromatic ring is 1. The summed E-state index contributed by atoms with van der Waals surface area (Å²) in [6, 6.07) is 5.85. The predicted molar refractivity (Wildman–Crippen MR) is 61.5 cm³/mol. The average Bonchev–Trinajstić information content (AvgIpc) is 2.72. The van der Waals surface area contributed by atoms with Gasteiger partial charge < -0.3 is 11.1 Å². The van der Waals surface area contributed by atoms with Gasteiger partial charge in [-0.15, -0.1) is 0 Å². The molecule has 0 saturated carbocycles. The van der Waals surface area contributed by atoms with Crippen LogP contribution in [0.15, 0.2) is 30.6 Å². The van der Waals surface area contributed by atoms with Crippen LogP contribution in [0.2, 0.25) is 0 Å². The van der Waals surface area contributed by atoms with E-state index in [1.54, 1.807) is 6.20 Å². The second-order valence-corrected chi connectivity index (χ2v) is 3.53. The van der Waals surface area contributed by atoms with E-state index in [4.69, 9.17) is 5.73 Å². The number of nitrogens with one attached hydrogen (secondary N) is 2. The molecule has 4 N–H and O–H groups in total. The zero-order valence-corrected chi connectivity index (χ0v) is 8.62. The first-order valence-electron chi connectivity index (χ1n) is 4.83. The van der Waals surface area contributed by atoms with Crippen molar-refractivity contribution in [3.05, 3.63) is 41.7 Å². The van der Waals surface area contributed by atoms with E-state index in [2.05, 4.69) is 22.4 Å². The van der Waals surface area contributed by atoms with Crippen LogP contribution in [0, 0.1) is 6.92 Å². The lowest BCUT2D eigenvalue weighted by Gasteiger charge is -2.08. The number of anilines is 2. The number of hydrogen-bond acceptors (Lipinski definition) is 3. The molecule has 0 fully saturated rings. The molecule has 0 saturated heterocycles. The number of nitrogens with two attached hydrogens (primary N) is 1. The SMILES string of the molecule is Cc1ccc(N)cc1NCc1cn[nH]c1. The fraction of sp³-hybridized carbons (Fsp3) is 0.182. The Morgan fingerprint density at radius 3 is 3.07 bits per heavy atom. The molecular weight excluding hydrogens is 188 g/mol. The van der Waals surface area contributed by atoms with Crippen molar-refractivity contribution in [1.29, 1.82) is 0 Å². The zero-order chi connectivity index (χ0) is 10.7. The number of aromatic amines is 1. The van der Waals surface area contributed by atoms with Crippen molar-refractivity contribution in [3.63, 3.8) is 0 Å². The highest BCUT2D eigenvalue weighted by Gasteiger charge is 1.99. The Balaban J connectivity index is 2.07. The van der Waals surface area contributed by atoms with Crippen molar-refractivity contribution in [2.24, 2.45) is 0 Å². The van der Waals surface area contributed by atoms with E-state index in [9.17, 15) is 0 Å². The van der Waals surface area contributed by atoms with Crippen molar-refractivity contribution >= 4 is 11.4 Å². The van der Waals surface area contributed by atoms with Crippen LogP contribution in [-0.2, 0) is 6.54 Å². The minimum Gasteiger partial charge on any atom is -0.399 e. The normalized spacial score (nSPS) is 10.2. The van der Waals surface area contributed by atoms with E-state index in [1.165, 1.54) is 5.56 Å². The number of aryl methyl sites for hydroxylation is 1. The van der Waals surface area contributed by atoms with Crippen LogP contribution >= 0.6 is 0 Å². The maximum absolute atomic E-state index is 5.72. The molecule has 0 radical (unpaired) electrons. The van der Waals surface area contributed by atoms with Gasteiger partial charge in [-0.3, -0.25) is 5.10 Å². The second-order valence-electron chi connectivity index (χ2n) is 3.53. The van der Waals surface area contributed by atoms with Gasteiger partial charge in [0.25, 0.3) is 0 Å². The minimum atomic E-state index is 0.751. The number of H-pyrrole nitrogens is 1. The van der Waals surface area contributed by atoms with Gasteiger partial charge in [-0.25, -0.2) is 0 Å². The number of hydrogen-bond donors (Lipinski definition) is 3. The molecule has 0 aliphatic rings. The molecule has 4 nitrogen and oxygen atoms in total. The molecule has 1 heterocycles. The van der Waals surface area contributed by atoms with E-state index < -0.39 is 0 Å². The molecule has 15 heavy (non-hydrogen) atoms. The molecule has 0 unspecified atom stereocenters. The molecule has 2 rings (SSSR count). The number of rotatable bonds is 3. The lowest BCUT2D eigenvalue weighted by atomic mass is 10.2. The van der Waals surface area contributed by atoms with E-state index in [0.29, 0.717) is 0 Å². The van der Waals surface area contributed by atoms with Crippen molar-refractivity contribution < 1.29 is 0 Å². The average molecular weight is 202 g/mol. The van der Waals surface area contributed by atoms with Gasteiger partial charge in [0.05, 0.1) is 6.20 Å². The van der Waals surface area contributed by atoms with Crippen LogP contribution in [0.1, 0.15) is 11.1 Å². The highest BCUT2D eigenvalue weighted by atomic mass is 15.1. The summed E-state index contributed by atoms with van der Waals surface area (Å²) in [7, 11) is 0. The summed E-state index contributed by atoms with van der Waals surface area (Å²) in [5.41, 5.74) is 9.87. The van der Waals surface area contributed by atoms with Gasteiger partial charge >= 0.3 is 0 Å². The lowest BCUT2D eigenvalue weighted by Crippen LogP contribution is -2.00. The second kappa shape index (κ2) is 4.04. The van der Waals surface area contributed by atoms with Crippen LogP contribution in [-0.4, -0.2) is 10.2 Å². The van der Waals surface area contributed by atoms with Crippen LogP contribution in [0.25, 0.3) is 0 Å². The highest BCUT2D eigenvalue weighted by molar-refractivity contribution is 5.59. The standard InChI is InChI=1S/C11H14N4/c1-8-2-3-10(12)4-11(8)13-5-9-6-14-15-7-9/h2-4,6-7,13H,5,12H2,1H3,(H,14,15). The smallest absolute Gasteiger partial charge is 0.0537 e. The van der Waals surface area contributed by atoms with E-state index in [0.717, 1.165) is 23.5 Å². The first-order chi connectivity index (χ1) is 7.25. The van der Waals surface area contributed by atoms with Gasteiger partial charge in [0.2, 0.25) is 0 Å². The minimum absolute atomic E-state index is 0.751. The largest absolute Gasteiger partial charge is 0.399 e. The number of benzene rings is 1. The van der Waals surface area contributed by atoms with Gasteiger partial charge in [-0.1, -0.05) is 6.07 Å². The molecule has 1 aromatic heterocycles. The number of nitrogens with zero attached hydrogens (tertiary/aromatic N) is 1. The maximum atomic E-state index is 5.72. The van der Waals surface area contributed by atoms with Gasteiger partial charge in [0.1, 0.15) is 0 Å². The summed E-state index contributed by atoms with van der Waals surface area (Å²) < 4.78 is 0. The third kappa shape index (κ3) is 2.28. The van der Waals surface area contributed by atoms with Crippen LogP contribution in [0.4, 0.5) is 11.4 Å². The first-order valence-corrected chi connectivity index (χ1v) is 4.83. The first kappa shape index (κ1) is 9.58. The van der Waals surface area contributed by atoms with Crippen molar-refractivity contribution in [3.8, 4) is 0 Å². The van der Waals surface area contributed by atoms with Crippen molar-refractivity contribution in [1.82, 2.24) is 10.2 Å². The van der Waals surface area contributed by atoms with E-state index in [-0.39, 0.29) is 0 Å². The Morgan fingerprint density at radius 1 is 1.47 bits per heavy atom. The fourth-order valence-electron chi connectivity index (χ4n) is 1.40. The molecule has 0 spiro atoms. The monoisotopic (exact) mass is 202 g/mol. The van der Waals surface area contributed by atoms with Gasteiger partial charge in [0.15, 0.2) is 0 Å². The Labute approximate surface area is 88.5 Å². The van der Waals surface area contributed by atoms with Crippen molar-refractivity contribution in [2.75, 3.05) is 11.1 Å². The summed E-state index contributed by atoms with van der Waals surface area (Å²) in [6.45, 7) is 2.80. The quantitative estimate of drug-likeness (QED) is 0.666.